The largest absolute Gasteiger partial charge is 0.336 e. The molecule has 1 aliphatic heterocycles. The molecule has 0 bridgehead atoms. The highest BCUT2D eigenvalue weighted by molar-refractivity contribution is 7.92. The van der Waals surface area contributed by atoms with E-state index < -0.39 is 21.4 Å². The molecule has 2 heterocycles. The summed E-state index contributed by atoms with van der Waals surface area (Å²) < 4.78 is 41.4. The number of hydrogen-bond donors (Lipinski definition) is 2. The number of nitrogens with one attached hydrogen (secondary N) is 2. The van der Waals surface area contributed by atoms with Gasteiger partial charge in [-0.05, 0) is 61.2 Å². The van der Waals surface area contributed by atoms with Crippen molar-refractivity contribution in [2.45, 2.75) is 17.7 Å². The van der Waals surface area contributed by atoms with E-state index in [1.165, 1.54) is 49.2 Å². The van der Waals surface area contributed by atoms with Gasteiger partial charge in [-0.25, -0.2) is 12.8 Å². The number of aromatic nitrogens is 1. The number of amides is 1. The number of H-pyrrole nitrogens is 1. The summed E-state index contributed by atoms with van der Waals surface area (Å²) in [6.07, 6.45) is 2.55. The number of rotatable bonds is 6. The van der Waals surface area contributed by atoms with Crippen LogP contribution in [0.2, 0.25) is 0 Å². The van der Waals surface area contributed by atoms with E-state index in [0.29, 0.717) is 24.0 Å². The Morgan fingerprint density at radius 1 is 1.03 bits per heavy atom. The lowest BCUT2D eigenvalue weighted by atomic mass is 10.1. The Hall–Kier alpha value is -3.24. The summed E-state index contributed by atoms with van der Waals surface area (Å²) in [5.41, 5.74) is 0.337. The second-order valence-corrected chi connectivity index (χ2v) is 10.6. The van der Waals surface area contributed by atoms with Crippen molar-refractivity contribution in [3.63, 3.8) is 0 Å². The van der Waals surface area contributed by atoms with Crippen molar-refractivity contribution in [3.8, 4) is 0 Å². The van der Waals surface area contributed by atoms with Crippen LogP contribution in [0.5, 0.6) is 0 Å². The summed E-state index contributed by atoms with van der Waals surface area (Å²) in [6, 6.07) is 10.4. The molecule has 3 aromatic rings. The first-order valence-corrected chi connectivity index (χ1v) is 12.7. The van der Waals surface area contributed by atoms with Gasteiger partial charge in [-0.1, -0.05) is 0 Å². The Morgan fingerprint density at radius 2 is 1.74 bits per heavy atom. The molecule has 1 aliphatic carbocycles. The molecule has 1 saturated carbocycles. The van der Waals surface area contributed by atoms with E-state index in [2.05, 4.69) is 14.6 Å². The van der Waals surface area contributed by atoms with E-state index in [1.54, 1.807) is 4.90 Å². The van der Waals surface area contributed by atoms with Crippen molar-refractivity contribution in [2.24, 2.45) is 5.92 Å². The molecule has 34 heavy (non-hydrogen) atoms. The van der Waals surface area contributed by atoms with Gasteiger partial charge < -0.3 is 9.88 Å². The second-order valence-electron chi connectivity index (χ2n) is 8.90. The number of sulfonamides is 1. The molecule has 5 rings (SSSR count). The van der Waals surface area contributed by atoms with Crippen LogP contribution in [0.25, 0.3) is 10.9 Å². The highest BCUT2D eigenvalue weighted by Gasteiger charge is 2.29. The van der Waals surface area contributed by atoms with Gasteiger partial charge in [-0.3, -0.25) is 19.2 Å². The van der Waals surface area contributed by atoms with E-state index in [1.807, 2.05) is 0 Å². The molecule has 1 aromatic heterocycles. The maximum absolute atomic E-state index is 13.3. The van der Waals surface area contributed by atoms with Crippen molar-refractivity contribution >= 4 is 32.5 Å². The molecule has 0 spiro atoms. The summed E-state index contributed by atoms with van der Waals surface area (Å²) in [5, 5.41) is 0.354. The number of nitrogens with zero attached hydrogens (tertiary/aromatic N) is 2. The van der Waals surface area contributed by atoms with E-state index in [4.69, 9.17) is 0 Å². The quantitative estimate of drug-likeness (QED) is 0.560. The van der Waals surface area contributed by atoms with Crippen LogP contribution in [0, 0.1) is 11.7 Å². The molecule has 10 heteroatoms. The van der Waals surface area contributed by atoms with Gasteiger partial charge in [-0.2, -0.15) is 0 Å². The average Bonchev–Trinajstić information content (AvgIpc) is 3.63. The Bertz CT molecular complexity index is 1390. The van der Waals surface area contributed by atoms with Gasteiger partial charge in [0.1, 0.15) is 5.82 Å². The zero-order valence-electron chi connectivity index (χ0n) is 18.5. The fourth-order valence-corrected chi connectivity index (χ4v) is 5.36. The van der Waals surface area contributed by atoms with E-state index in [0.717, 1.165) is 37.7 Å². The van der Waals surface area contributed by atoms with E-state index in [9.17, 15) is 22.4 Å². The normalized spacial score (nSPS) is 17.1. The molecule has 2 N–H and O–H groups in total. The zero-order valence-corrected chi connectivity index (χ0v) is 19.3. The van der Waals surface area contributed by atoms with Crippen LogP contribution in [0.3, 0.4) is 0 Å². The molecule has 2 fully saturated rings. The minimum absolute atomic E-state index is 0.0697. The fraction of sp³-hybridized carbons (Fsp3) is 0.333. The van der Waals surface area contributed by atoms with Crippen LogP contribution in [-0.2, 0) is 10.0 Å². The summed E-state index contributed by atoms with van der Waals surface area (Å²) in [7, 11) is -4.00. The molecular weight excluding hydrogens is 459 g/mol. The first-order chi connectivity index (χ1) is 16.3. The minimum atomic E-state index is -4.00. The minimum Gasteiger partial charge on any atom is -0.336 e. The lowest BCUT2D eigenvalue weighted by molar-refractivity contribution is 0.0633. The molecule has 2 aliphatic rings. The van der Waals surface area contributed by atoms with Crippen LogP contribution in [0.4, 0.5) is 10.1 Å². The van der Waals surface area contributed by atoms with Gasteiger partial charge >= 0.3 is 0 Å². The highest BCUT2D eigenvalue weighted by atomic mass is 32.2. The van der Waals surface area contributed by atoms with Gasteiger partial charge in [0.25, 0.3) is 15.9 Å². The van der Waals surface area contributed by atoms with Crippen molar-refractivity contribution in [3.05, 3.63) is 70.3 Å². The number of carbonyl (C=O) groups excluding carboxylic acids is 1. The number of benzene rings is 2. The van der Waals surface area contributed by atoms with Gasteiger partial charge in [-0.15, -0.1) is 0 Å². The molecule has 0 unspecified atom stereocenters. The number of piperazine rings is 1. The van der Waals surface area contributed by atoms with E-state index >= 15 is 0 Å². The van der Waals surface area contributed by atoms with Crippen molar-refractivity contribution < 1.29 is 17.6 Å². The van der Waals surface area contributed by atoms with Crippen LogP contribution < -0.4 is 10.3 Å². The molecule has 178 valence electrons. The Balaban J connectivity index is 1.42. The third-order valence-electron chi connectivity index (χ3n) is 6.32. The molecular formula is C24H25FN4O4S. The van der Waals surface area contributed by atoms with Gasteiger partial charge in [0.15, 0.2) is 0 Å². The first-order valence-electron chi connectivity index (χ1n) is 11.3. The smallest absolute Gasteiger partial charge is 0.261 e. The maximum atomic E-state index is 13.3. The third kappa shape index (κ3) is 4.83. The van der Waals surface area contributed by atoms with Crippen LogP contribution in [0.1, 0.15) is 23.2 Å². The number of hydrogen-bond acceptors (Lipinski definition) is 5. The molecule has 2 aromatic carbocycles. The van der Waals surface area contributed by atoms with Crippen LogP contribution in [0.15, 0.2) is 58.2 Å². The van der Waals surface area contributed by atoms with Gasteiger partial charge in [0.2, 0.25) is 5.56 Å². The average molecular weight is 485 g/mol. The topological polar surface area (TPSA) is 103 Å². The van der Waals surface area contributed by atoms with Crippen molar-refractivity contribution in [1.29, 1.82) is 0 Å². The van der Waals surface area contributed by atoms with Crippen LogP contribution >= 0.6 is 0 Å². The number of halogens is 1. The predicted molar refractivity (Wildman–Crippen MR) is 127 cm³/mol. The molecule has 0 atom stereocenters. The standard InChI is InChI=1S/C24H25FN4O4S/c25-17-3-5-18(6-4-17)27-34(32,33)19-7-8-22-20(13-19)21(14-23(30)26-22)24(31)29-11-9-28(10-12-29)15-16-1-2-16/h3-8,13-14,16,27H,1-2,9-12,15H2,(H,26,30). The lowest BCUT2D eigenvalue weighted by Gasteiger charge is -2.35. The summed E-state index contributed by atoms with van der Waals surface area (Å²) in [4.78, 5) is 32.3. The van der Waals surface area contributed by atoms with Gasteiger partial charge in [0, 0.05) is 55.4 Å². The highest BCUT2D eigenvalue weighted by Crippen LogP contribution is 2.30. The monoisotopic (exact) mass is 484 g/mol. The number of pyridine rings is 1. The van der Waals surface area contributed by atoms with E-state index in [-0.39, 0.29) is 22.1 Å². The van der Waals surface area contributed by atoms with Gasteiger partial charge in [0.05, 0.1) is 10.5 Å². The summed E-state index contributed by atoms with van der Waals surface area (Å²) in [6.45, 7) is 3.75. The molecule has 1 saturated heterocycles. The van der Waals surface area contributed by atoms with Crippen molar-refractivity contribution in [2.75, 3.05) is 37.4 Å². The number of aromatic amines is 1. The Labute approximate surface area is 196 Å². The second kappa shape index (κ2) is 8.84. The SMILES string of the molecule is O=C(c1cc(=O)[nH]c2ccc(S(=O)(=O)Nc3ccc(F)cc3)cc12)N1CCN(CC2CC2)CC1. The fourth-order valence-electron chi connectivity index (χ4n) is 4.28. The molecule has 1 amide bonds. The Morgan fingerprint density at radius 3 is 2.41 bits per heavy atom. The lowest BCUT2D eigenvalue weighted by Crippen LogP contribution is -2.49. The predicted octanol–water partition coefficient (Wildman–Crippen LogP) is 2.64. The number of fused-ring (bicyclic) bond motifs is 1. The summed E-state index contributed by atoms with van der Waals surface area (Å²) >= 11 is 0. The number of anilines is 1. The van der Waals surface area contributed by atoms with Crippen LogP contribution in [-0.4, -0.2) is 61.8 Å². The van der Waals surface area contributed by atoms with Crippen molar-refractivity contribution in [1.82, 2.24) is 14.8 Å². The molecule has 8 nitrogen and oxygen atoms in total. The Kier molecular flexibility index (Phi) is 5.86. The number of carbonyl (C=O) groups is 1. The summed E-state index contributed by atoms with van der Waals surface area (Å²) in [5.74, 6) is 0.0140. The maximum Gasteiger partial charge on any atom is 0.261 e. The molecule has 0 radical (unpaired) electrons. The first kappa shape index (κ1) is 22.5. The zero-order chi connectivity index (χ0) is 23.9. The third-order valence-corrected chi connectivity index (χ3v) is 7.70.